The van der Waals surface area contributed by atoms with E-state index < -0.39 is 0 Å². The maximum absolute atomic E-state index is 12.4. The summed E-state index contributed by atoms with van der Waals surface area (Å²) in [5, 5.41) is 25.7. The molecule has 2 aromatic carbocycles. The van der Waals surface area contributed by atoms with Crippen molar-refractivity contribution in [1.82, 2.24) is 20.2 Å². The number of nitrogens with one attached hydrogen (secondary N) is 2. The molecule has 3 aromatic rings. The minimum atomic E-state index is -0.283. The fourth-order valence-corrected chi connectivity index (χ4v) is 4.66. The molecule has 0 fully saturated rings. The normalized spacial score (nSPS) is 12.0. The van der Waals surface area contributed by atoms with Crippen molar-refractivity contribution in [1.29, 1.82) is 0 Å². The first-order chi connectivity index (χ1) is 17.2. The fourth-order valence-electron chi connectivity index (χ4n) is 3.87. The second-order valence-corrected chi connectivity index (χ2v) is 10.5. The number of hydrazone groups is 1. The van der Waals surface area contributed by atoms with E-state index in [2.05, 4.69) is 79.6 Å². The lowest BCUT2D eigenvalue weighted by Gasteiger charge is -2.19. The third-order valence-electron chi connectivity index (χ3n) is 6.04. The Kier molecular flexibility index (Phi) is 9.28. The lowest BCUT2D eigenvalue weighted by atomic mass is 9.87. The van der Waals surface area contributed by atoms with Gasteiger partial charge in [0.1, 0.15) is 5.69 Å². The van der Waals surface area contributed by atoms with Gasteiger partial charge in [0.15, 0.2) is 11.0 Å². The summed E-state index contributed by atoms with van der Waals surface area (Å²) in [6, 6.07) is 13.7. The average Bonchev–Trinajstić information content (AvgIpc) is 3.27. The molecular weight excluding hydrogens is 472 g/mol. The topological polar surface area (TPSA) is 99.7 Å². The summed E-state index contributed by atoms with van der Waals surface area (Å²) in [7, 11) is 0. The largest absolute Gasteiger partial charge is 0.872 e. The van der Waals surface area contributed by atoms with Crippen LogP contribution in [0.15, 0.2) is 52.7 Å². The molecule has 0 spiro atoms. The van der Waals surface area contributed by atoms with Gasteiger partial charge in [-0.2, -0.15) is 5.10 Å². The van der Waals surface area contributed by atoms with E-state index in [1.807, 2.05) is 17.6 Å². The predicted octanol–water partition coefficient (Wildman–Crippen LogP) is 3.13. The van der Waals surface area contributed by atoms with Gasteiger partial charge in [0.25, 0.3) is 5.91 Å². The molecule has 0 aliphatic heterocycles. The molecule has 1 amide bonds. The Labute approximate surface area is 217 Å². The second kappa shape index (κ2) is 12.2. The number of amides is 1. The highest BCUT2D eigenvalue weighted by Crippen LogP contribution is 2.27. The molecule has 0 radical (unpaired) electrons. The fraction of sp³-hybridized carbons (Fsp3) is 0.407. The zero-order chi connectivity index (χ0) is 26.3. The van der Waals surface area contributed by atoms with Gasteiger partial charge in [0, 0.05) is 12.1 Å². The highest BCUT2D eigenvalue weighted by molar-refractivity contribution is 7.99. The second-order valence-electron chi connectivity index (χ2n) is 9.52. The molecule has 0 aliphatic carbocycles. The number of nitrogens with zero attached hydrogens (tertiary/aromatic N) is 4. The molecule has 0 saturated heterocycles. The lowest BCUT2D eigenvalue weighted by molar-refractivity contribution is -0.828. The molecule has 0 bridgehead atoms. The van der Waals surface area contributed by atoms with Gasteiger partial charge in [-0.15, -0.1) is 10.2 Å². The van der Waals surface area contributed by atoms with E-state index in [9.17, 15) is 9.90 Å². The maximum atomic E-state index is 12.4. The van der Waals surface area contributed by atoms with Crippen LogP contribution in [0.2, 0.25) is 0 Å². The summed E-state index contributed by atoms with van der Waals surface area (Å²) in [5.41, 5.74) is 6.22. The van der Waals surface area contributed by atoms with Gasteiger partial charge in [-0.3, -0.25) is 4.79 Å². The summed E-state index contributed by atoms with van der Waals surface area (Å²) in [6.07, 6.45) is 1.39. The highest BCUT2D eigenvalue weighted by atomic mass is 32.2. The van der Waals surface area contributed by atoms with Crippen LogP contribution in [-0.4, -0.2) is 45.7 Å². The zero-order valence-electron chi connectivity index (χ0n) is 22.0. The highest BCUT2D eigenvalue weighted by Gasteiger charge is 2.17. The van der Waals surface area contributed by atoms with Crippen molar-refractivity contribution in [3.05, 3.63) is 53.6 Å². The number of carbonyl (C=O) groups excluding carboxylic acids is 1. The zero-order valence-corrected chi connectivity index (χ0v) is 22.8. The quantitative estimate of drug-likeness (QED) is 0.249. The minimum absolute atomic E-state index is 0.0821. The van der Waals surface area contributed by atoms with Crippen LogP contribution in [0.1, 0.15) is 52.7 Å². The molecule has 0 saturated carbocycles. The molecule has 36 heavy (non-hydrogen) atoms. The smallest absolute Gasteiger partial charge is 0.250 e. The number of rotatable bonds is 10. The number of benzene rings is 2. The van der Waals surface area contributed by atoms with Gasteiger partial charge in [-0.1, -0.05) is 62.5 Å². The lowest BCUT2D eigenvalue weighted by Crippen LogP contribution is -3.06. The predicted molar refractivity (Wildman–Crippen MR) is 144 cm³/mol. The van der Waals surface area contributed by atoms with Crippen molar-refractivity contribution >= 4 is 29.6 Å². The molecule has 8 nitrogen and oxygen atoms in total. The Morgan fingerprint density at radius 3 is 2.39 bits per heavy atom. The van der Waals surface area contributed by atoms with Crippen LogP contribution in [0.4, 0.5) is 5.69 Å². The van der Waals surface area contributed by atoms with E-state index in [0.717, 1.165) is 30.2 Å². The summed E-state index contributed by atoms with van der Waals surface area (Å²) in [4.78, 5) is 13.6. The first kappa shape index (κ1) is 27.4. The van der Waals surface area contributed by atoms with E-state index in [-0.39, 0.29) is 22.8 Å². The van der Waals surface area contributed by atoms with Gasteiger partial charge in [0.05, 0.1) is 25.1 Å². The van der Waals surface area contributed by atoms with Gasteiger partial charge in [-0.25, -0.2) is 5.43 Å². The SMILES string of the molecule is CCn1c(SCC(=O)NN=Cc2ccc([NH+](CC)CC)cc2[O-])nnc1-c1ccc(C(C)(C)C)cc1. The Bertz CT molecular complexity index is 1190. The number of carbonyl (C=O) groups is 1. The van der Waals surface area contributed by atoms with Crippen LogP contribution < -0.4 is 15.4 Å². The van der Waals surface area contributed by atoms with E-state index in [4.69, 9.17) is 0 Å². The van der Waals surface area contributed by atoms with Crippen LogP contribution in [0.3, 0.4) is 0 Å². The average molecular weight is 509 g/mol. The third kappa shape index (κ3) is 6.73. The van der Waals surface area contributed by atoms with Crippen molar-refractivity contribution in [2.45, 2.75) is 58.7 Å². The molecule has 0 unspecified atom stereocenters. The summed E-state index contributed by atoms with van der Waals surface area (Å²) in [5.74, 6) is 0.511. The van der Waals surface area contributed by atoms with Crippen molar-refractivity contribution < 1.29 is 14.8 Å². The van der Waals surface area contributed by atoms with Crippen molar-refractivity contribution in [3.63, 3.8) is 0 Å². The van der Waals surface area contributed by atoms with E-state index in [0.29, 0.717) is 17.3 Å². The third-order valence-corrected chi connectivity index (χ3v) is 7.01. The molecule has 192 valence electrons. The first-order valence-electron chi connectivity index (χ1n) is 12.3. The van der Waals surface area contributed by atoms with E-state index in [1.54, 1.807) is 12.1 Å². The first-order valence-corrected chi connectivity index (χ1v) is 13.3. The monoisotopic (exact) mass is 508 g/mol. The number of hydrogen-bond acceptors (Lipinski definition) is 6. The Morgan fingerprint density at radius 2 is 1.81 bits per heavy atom. The summed E-state index contributed by atoms with van der Waals surface area (Å²) < 4.78 is 2.00. The molecule has 1 aromatic heterocycles. The Morgan fingerprint density at radius 1 is 1.11 bits per heavy atom. The summed E-state index contributed by atoms with van der Waals surface area (Å²) in [6.45, 7) is 15.3. The molecular formula is C27H36N6O2S. The number of aromatic nitrogens is 3. The van der Waals surface area contributed by atoms with Crippen molar-refractivity contribution in [2.24, 2.45) is 5.10 Å². The van der Waals surface area contributed by atoms with Crippen molar-refractivity contribution in [2.75, 3.05) is 18.8 Å². The molecule has 0 aliphatic rings. The standard InChI is InChI=1S/C27H36N6O2S/c1-7-32(8-2)22-15-12-20(23(34)16-22)17-28-29-24(35)18-36-26-31-30-25(33(26)9-3)19-10-13-21(14-11-19)27(4,5)6/h10-17,34H,7-9,18H2,1-6H3,(H,29,35). The van der Waals surface area contributed by atoms with Crippen LogP contribution in [0.25, 0.3) is 11.4 Å². The van der Waals surface area contributed by atoms with Crippen LogP contribution in [-0.2, 0) is 16.8 Å². The van der Waals surface area contributed by atoms with E-state index in [1.165, 1.54) is 28.4 Å². The van der Waals surface area contributed by atoms with Crippen molar-refractivity contribution in [3.8, 4) is 17.1 Å². The number of hydrogen-bond donors (Lipinski definition) is 2. The Balaban J connectivity index is 1.60. The molecule has 3 rings (SSSR count). The van der Waals surface area contributed by atoms with E-state index >= 15 is 0 Å². The minimum Gasteiger partial charge on any atom is -0.872 e. The number of quaternary nitrogens is 1. The van der Waals surface area contributed by atoms with Crippen LogP contribution in [0.5, 0.6) is 5.75 Å². The molecule has 1 heterocycles. The summed E-state index contributed by atoms with van der Waals surface area (Å²) >= 11 is 1.30. The number of thioether (sulfide) groups is 1. The molecule has 9 heteroatoms. The van der Waals surface area contributed by atoms with Gasteiger partial charge >= 0.3 is 0 Å². The van der Waals surface area contributed by atoms with Gasteiger partial charge in [0.2, 0.25) is 0 Å². The van der Waals surface area contributed by atoms with Crippen LogP contribution >= 0.6 is 11.8 Å². The van der Waals surface area contributed by atoms with Gasteiger partial charge < -0.3 is 14.6 Å². The van der Waals surface area contributed by atoms with Gasteiger partial charge in [-0.05, 0) is 55.5 Å². The van der Waals surface area contributed by atoms with Crippen LogP contribution in [0, 0.1) is 0 Å². The Hall–Kier alpha value is -3.17. The maximum Gasteiger partial charge on any atom is 0.250 e. The molecule has 2 N–H and O–H groups in total. The molecule has 0 atom stereocenters.